The predicted molar refractivity (Wildman–Crippen MR) is 227 cm³/mol. The molecule has 3 heterocycles. The molecule has 0 saturated carbocycles. The van der Waals surface area contributed by atoms with Gasteiger partial charge in [0.1, 0.15) is 12.7 Å². The Labute approximate surface area is 339 Å². The second kappa shape index (κ2) is 31.3. The van der Waals surface area contributed by atoms with Crippen molar-refractivity contribution in [3.05, 3.63) is 23.0 Å². The first-order valence-corrected chi connectivity index (χ1v) is 23.4. The molecule has 0 unspecified atom stereocenters. The molecule has 0 spiro atoms. The first-order valence-electron chi connectivity index (χ1n) is 23.4. The summed E-state index contributed by atoms with van der Waals surface area (Å²) < 4.78 is 19.6. The van der Waals surface area contributed by atoms with E-state index in [4.69, 9.17) is 14.2 Å². The van der Waals surface area contributed by atoms with Gasteiger partial charge in [-0.1, -0.05) is 194 Å². The average Bonchev–Trinajstić information content (AvgIpc) is 3.81. The van der Waals surface area contributed by atoms with Crippen LogP contribution in [0.5, 0.6) is 0 Å². The molecule has 0 aromatic carbocycles. The Morgan fingerprint density at radius 1 is 0.643 bits per heavy atom. The third kappa shape index (κ3) is 20.6. The van der Waals surface area contributed by atoms with Gasteiger partial charge >= 0.3 is 11.9 Å². The van der Waals surface area contributed by atoms with Crippen LogP contribution in [-0.4, -0.2) is 50.3 Å². The number of hydrogen-bond donors (Lipinski definition) is 1. The van der Waals surface area contributed by atoms with Crippen LogP contribution in [0.2, 0.25) is 0 Å². The maximum atomic E-state index is 13.0. The quantitative estimate of drug-likeness (QED) is 0.0535. The van der Waals surface area contributed by atoms with Crippen LogP contribution in [0.3, 0.4) is 0 Å². The van der Waals surface area contributed by atoms with Crippen LogP contribution in [0.4, 0.5) is 0 Å². The zero-order valence-corrected chi connectivity index (χ0v) is 35.7. The number of esters is 2. The Morgan fingerprint density at radius 2 is 1.07 bits per heavy atom. The Hall–Kier alpha value is -2.75. The normalized spacial score (nSPS) is 16.9. The average molecular weight is 785 g/mol. The molecule has 320 valence electrons. The highest BCUT2D eigenvalue weighted by molar-refractivity contribution is 5.70. The third-order valence-electron chi connectivity index (χ3n) is 11.5. The summed E-state index contributed by atoms with van der Waals surface area (Å²) in [5.74, 6) is -0.492. The minimum absolute atomic E-state index is 0.0851. The lowest BCUT2D eigenvalue weighted by Gasteiger charge is -2.20. The SMILES string of the molecule is CCCCCCCCCCCCCCCCCC(=O)OC[C@@H]1C[C@@H](OC(=O)CCCCCCCCCCCCCCCCC)[C@H](n2cnc3c(=O)[nH]cnc32)O1. The molecule has 0 aliphatic carbocycles. The van der Waals surface area contributed by atoms with Crippen LogP contribution in [0.25, 0.3) is 11.2 Å². The fourth-order valence-electron chi connectivity index (χ4n) is 7.99. The van der Waals surface area contributed by atoms with E-state index >= 15 is 0 Å². The maximum Gasteiger partial charge on any atom is 0.306 e. The first kappa shape index (κ1) is 47.6. The third-order valence-corrected chi connectivity index (χ3v) is 11.5. The van der Waals surface area contributed by atoms with Crippen molar-refractivity contribution < 1.29 is 23.8 Å². The van der Waals surface area contributed by atoms with Gasteiger partial charge in [-0.05, 0) is 12.8 Å². The molecular weight excluding hydrogens is 705 g/mol. The zero-order valence-electron chi connectivity index (χ0n) is 35.7. The van der Waals surface area contributed by atoms with Crippen molar-refractivity contribution in [2.45, 2.75) is 244 Å². The largest absolute Gasteiger partial charge is 0.463 e. The molecular formula is C46H80N4O6. The molecule has 1 saturated heterocycles. The van der Waals surface area contributed by atoms with E-state index in [2.05, 4.69) is 28.8 Å². The Balaban J connectivity index is 1.28. The molecule has 1 fully saturated rings. The molecule has 0 amide bonds. The number of aromatic nitrogens is 4. The van der Waals surface area contributed by atoms with Gasteiger partial charge in [0, 0.05) is 19.3 Å². The number of imidazole rings is 1. The number of nitrogens with one attached hydrogen (secondary N) is 1. The number of hydrogen-bond acceptors (Lipinski definition) is 8. The lowest BCUT2D eigenvalue weighted by molar-refractivity contribution is -0.155. The summed E-state index contributed by atoms with van der Waals surface area (Å²) in [5.41, 5.74) is 0.197. The molecule has 10 heteroatoms. The maximum absolute atomic E-state index is 13.0. The van der Waals surface area contributed by atoms with Gasteiger partial charge in [0.25, 0.3) is 5.56 Å². The molecule has 0 radical (unpaired) electrons. The summed E-state index contributed by atoms with van der Waals surface area (Å²) in [6, 6.07) is 0. The molecule has 3 rings (SSSR count). The Morgan fingerprint density at radius 3 is 1.54 bits per heavy atom. The Kier molecular flexibility index (Phi) is 26.6. The standard InChI is InChI=1S/C46H80N4O6/c1-3-5-7-9-11-13-15-17-19-21-23-25-27-29-31-33-41(51)54-36-39-35-40(46(55-39)50-38-49-43-44(50)47-37-48-45(43)53)56-42(52)34-32-30-28-26-24-22-20-18-16-14-12-10-8-6-4-2/h37-40,46H,3-36H2,1-2H3,(H,47,48,53)/t39-,40+,46+/m0/s1. The van der Waals surface area contributed by atoms with Crippen molar-refractivity contribution in [3.63, 3.8) is 0 Å². The minimum Gasteiger partial charge on any atom is -0.463 e. The molecule has 2 aromatic heterocycles. The van der Waals surface area contributed by atoms with E-state index in [0.29, 0.717) is 24.9 Å². The molecule has 56 heavy (non-hydrogen) atoms. The van der Waals surface area contributed by atoms with Crippen LogP contribution in [0.15, 0.2) is 17.4 Å². The summed E-state index contributed by atoms with van der Waals surface area (Å²) in [7, 11) is 0. The van der Waals surface area contributed by atoms with Crippen molar-refractivity contribution in [2.24, 2.45) is 0 Å². The smallest absolute Gasteiger partial charge is 0.306 e. The summed E-state index contributed by atoms with van der Waals surface area (Å²) in [6.45, 7) is 4.62. The molecule has 0 bridgehead atoms. The van der Waals surface area contributed by atoms with Crippen molar-refractivity contribution in [1.29, 1.82) is 0 Å². The zero-order chi connectivity index (χ0) is 39.9. The predicted octanol–water partition coefficient (Wildman–Crippen LogP) is 12.4. The highest BCUT2D eigenvalue weighted by atomic mass is 16.6. The van der Waals surface area contributed by atoms with E-state index < -0.39 is 18.4 Å². The second-order valence-electron chi connectivity index (χ2n) is 16.6. The summed E-state index contributed by atoms with van der Waals surface area (Å²) in [4.78, 5) is 49.0. The van der Waals surface area contributed by atoms with Gasteiger partial charge in [0.15, 0.2) is 17.4 Å². The number of aromatic amines is 1. The molecule has 3 atom stereocenters. The lowest BCUT2D eigenvalue weighted by atomic mass is 10.0. The van der Waals surface area contributed by atoms with Crippen LogP contribution in [-0.2, 0) is 23.8 Å². The lowest BCUT2D eigenvalue weighted by Crippen LogP contribution is -2.25. The van der Waals surface area contributed by atoms with Crippen LogP contribution in [0, 0.1) is 0 Å². The van der Waals surface area contributed by atoms with Gasteiger partial charge in [-0.3, -0.25) is 19.0 Å². The van der Waals surface area contributed by atoms with E-state index in [-0.39, 0.29) is 29.6 Å². The van der Waals surface area contributed by atoms with Crippen molar-refractivity contribution >= 4 is 23.1 Å². The van der Waals surface area contributed by atoms with Crippen LogP contribution >= 0.6 is 0 Å². The van der Waals surface area contributed by atoms with Crippen molar-refractivity contribution in [3.8, 4) is 0 Å². The second-order valence-corrected chi connectivity index (χ2v) is 16.6. The van der Waals surface area contributed by atoms with Crippen LogP contribution < -0.4 is 5.56 Å². The number of H-pyrrole nitrogens is 1. The van der Waals surface area contributed by atoms with Gasteiger partial charge in [-0.25, -0.2) is 9.97 Å². The van der Waals surface area contributed by atoms with E-state index in [1.165, 1.54) is 167 Å². The highest BCUT2D eigenvalue weighted by Gasteiger charge is 2.40. The van der Waals surface area contributed by atoms with E-state index in [1.54, 1.807) is 4.57 Å². The summed E-state index contributed by atoms with van der Waals surface area (Å²) in [5, 5.41) is 0. The number of carbonyl (C=O) groups excluding carboxylic acids is 2. The number of nitrogens with zero attached hydrogens (tertiary/aromatic N) is 3. The Bertz CT molecular complexity index is 1340. The number of ether oxygens (including phenoxy) is 3. The molecule has 1 aliphatic rings. The van der Waals surface area contributed by atoms with Gasteiger partial charge in [0.05, 0.1) is 18.8 Å². The van der Waals surface area contributed by atoms with E-state index in [0.717, 1.165) is 38.5 Å². The molecule has 1 N–H and O–H groups in total. The first-order chi connectivity index (χ1) is 27.5. The van der Waals surface area contributed by atoms with Gasteiger partial charge in [-0.2, -0.15) is 0 Å². The molecule has 1 aliphatic heterocycles. The number of fused-ring (bicyclic) bond motifs is 1. The monoisotopic (exact) mass is 785 g/mol. The number of rotatable bonds is 36. The highest BCUT2D eigenvalue weighted by Crippen LogP contribution is 2.33. The van der Waals surface area contributed by atoms with Gasteiger partial charge in [-0.15, -0.1) is 0 Å². The summed E-state index contributed by atoms with van der Waals surface area (Å²) in [6.07, 6.45) is 40.4. The number of unbranched alkanes of at least 4 members (excludes halogenated alkanes) is 28. The molecule has 2 aromatic rings. The fourth-order valence-corrected chi connectivity index (χ4v) is 7.99. The van der Waals surface area contributed by atoms with E-state index in [9.17, 15) is 14.4 Å². The topological polar surface area (TPSA) is 125 Å². The molecule has 10 nitrogen and oxygen atoms in total. The van der Waals surface area contributed by atoms with E-state index in [1.807, 2.05) is 0 Å². The fraction of sp³-hybridized carbons (Fsp3) is 0.848. The van der Waals surface area contributed by atoms with Crippen molar-refractivity contribution in [2.75, 3.05) is 6.61 Å². The van der Waals surface area contributed by atoms with Crippen LogP contribution in [0.1, 0.15) is 232 Å². The number of carbonyl (C=O) groups is 2. The van der Waals surface area contributed by atoms with Crippen molar-refractivity contribution in [1.82, 2.24) is 19.5 Å². The minimum atomic E-state index is -0.724. The summed E-state index contributed by atoms with van der Waals surface area (Å²) >= 11 is 0. The van der Waals surface area contributed by atoms with Gasteiger partial charge in [0.2, 0.25) is 0 Å². The van der Waals surface area contributed by atoms with Gasteiger partial charge < -0.3 is 19.2 Å².